The summed E-state index contributed by atoms with van der Waals surface area (Å²) in [5, 5.41) is 3.27. The van der Waals surface area contributed by atoms with Gasteiger partial charge in [0.05, 0.1) is 41.1 Å². The number of pyridine rings is 1. The number of aryl methyl sites for hydroxylation is 1. The van der Waals surface area contributed by atoms with E-state index in [1.54, 1.807) is 37.4 Å². The highest BCUT2D eigenvalue weighted by Gasteiger charge is 2.27. The van der Waals surface area contributed by atoms with Crippen LogP contribution in [0.3, 0.4) is 0 Å². The van der Waals surface area contributed by atoms with Gasteiger partial charge in [0.15, 0.2) is 11.5 Å². The number of aromatic nitrogens is 5. The summed E-state index contributed by atoms with van der Waals surface area (Å²) in [6, 6.07) is 14.2. The summed E-state index contributed by atoms with van der Waals surface area (Å²) in [7, 11) is 4.15. The van der Waals surface area contributed by atoms with Gasteiger partial charge in [-0.1, -0.05) is 59.6 Å². The highest BCUT2D eigenvalue weighted by atomic mass is 35.5. The number of halogens is 4. The third kappa shape index (κ3) is 7.10. The number of fused-ring (bicyclic) bond motifs is 1. The standard InChI is InChI=1S/C36H35Cl2F2N7O5/c1-5-52-35(49)19-14-16-47(17-15-19)18-20-12-13-24(42-33(20)51-4)23-10-6-8-21(27(23)37)22-9-7-11-25(28(22)38)41-30-26-32(44-31(43-30)29(39)40)45(2)36(50)46(3)34(26)48/h6-13,19,29H,5,14-18H2,1-4H3,(H,41,43,44). The Hall–Kier alpha value is -4.92. The number of anilines is 2. The number of hydrogen-bond acceptors (Lipinski definition) is 10. The molecule has 0 atom stereocenters. The Kier molecular flexibility index (Phi) is 10.9. The van der Waals surface area contributed by atoms with Gasteiger partial charge in [0.1, 0.15) is 11.2 Å². The molecule has 5 aromatic rings. The first-order valence-corrected chi connectivity index (χ1v) is 17.2. The lowest BCUT2D eigenvalue weighted by atomic mass is 9.96. The largest absolute Gasteiger partial charge is 0.481 e. The van der Waals surface area contributed by atoms with Gasteiger partial charge in [0.25, 0.3) is 12.0 Å². The van der Waals surface area contributed by atoms with Gasteiger partial charge in [-0.3, -0.25) is 23.6 Å². The monoisotopic (exact) mass is 753 g/mol. The summed E-state index contributed by atoms with van der Waals surface area (Å²) in [5.41, 5.74) is 1.61. The molecule has 2 aromatic carbocycles. The van der Waals surface area contributed by atoms with Crippen LogP contribution in [0, 0.1) is 5.92 Å². The summed E-state index contributed by atoms with van der Waals surface area (Å²) in [6.45, 7) is 4.27. The number of alkyl halides is 2. The summed E-state index contributed by atoms with van der Waals surface area (Å²) in [5.74, 6) is -0.893. The van der Waals surface area contributed by atoms with E-state index >= 15 is 0 Å². The predicted molar refractivity (Wildman–Crippen MR) is 195 cm³/mol. The summed E-state index contributed by atoms with van der Waals surface area (Å²) in [4.78, 5) is 52.6. The van der Waals surface area contributed by atoms with Crippen molar-refractivity contribution < 1.29 is 23.0 Å². The van der Waals surface area contributed by atoms with Crippen LogP contribution in [0.2, 0.25) is 10.0 Å². The molecule has 1 aliphatic heterocycles. The number of esters is 1. The Bertz CT molecular complexity index is 2290. The van der Waals surface area contributed by atoms with Crippen LogP contribution in [0.15, 0.2) is 58.1 Å². The number of piperidine rings is 1. The van der Waals surface area contributed by atoms with Crippen molar-refractivity contribution in [1.82, 2.24) is 29.0 Å². The quantitative estimate of drug-likeness (QED) is 0.157. The van der Waals surface area contributed by atoms with Gasteiger partial charge < -0.3 is 14.8 Å². The number of nitrogens with one attached hydrogen (secondary N) is 1. The maximum absolute atomic E-state index is 13.9. The first-order valence-electron chi connectivity index (χ1n) is 16.5. The molecule has 1 fully saturated rings. The zero-order chi connectivity index (χ0) is 37.3. The number of carbonyl (C=O) groups excluding carboxylic acids is 1. The molecule has 0 unspecified atom stereocenters. The number of carbonyl (C=O) groups is 1. The molecular weight excluding hydrogens is 719 g/mol. The first kappa shape index (κ1) is 36.9. The molecule has 1 saturated heterocycles. The topological polar surface area (TPSA) is 133 Å². The van der Waals surface area contributed by atoms with Gasteiger partial charge in [0, 0.05) is 42.9 Å². The molecule has 52 heavy (non-hydrogen) atoms. The van der Waals surface area contributed by atoms with Crippen LogP contribution in [0.5, 0.6) is 5.88 Å². The molecule has 1 N–H and O–H groups in total. The average molecular weight is 755 g/mol. The van der Waals surface area contributed by atoms with Crippen molar-refractivity contribution >= 4 is 51.7 Å². The predicted octanol–water partition coefficient (Wildman–Crippen LogP) is 6.53. The maximum atomic E-state index is 13.9. The van der Waals surface area contributed by atoms with Crippen molar-refractivity contribution in [2.24, 2.45) is 20.0 Å². The lowest BCUT2D eigenvalue weighted by Crippen LogP contribution is -2.38. The molecule has 0 saturated carbocycles. The third-order valence-electron chi connectivity index (χ3n) is 9.06. The maximum Gasteiger partial charge on any atom is 0.332 e. The third-order valence-corrected chi connectivity index (χ3v) is 9.88. The minimum absolute atomic E-state index is 0.0888. The molecule has 0 aliphatic carbocycles. The number of methoxy groups -OCH3 is 1. The van der Waals surface area contributed by atoms with Crippen LogP contribution in [-0.2, 0) is 30.2 Å². The Morgan fingerprint density at radius 1 is 0.942 bits per heavy atom. The van der Waals surface area contributed by atoms with E-state index in [-0.39, 0.29) is 39.4 Å². The van der Waals surface area contributed by atoms with E-state index in [0.717, 1.165) is 40.6 Å². The van der Waals surface area contributed by atoms with Gasteiger partial charge in [0.2, 0.25) is 5.88 Å². The van der Waals surface area contributed by atoms with Crippen molar-refractivity contribution in [3.05, 3.63) is 90.8 Å². The molecule has 0 bridgehead atoms. The van der Waals surface area contributed by atoms with E-state index in [4.69, 9.17) is 37.7 Å². The molecule has 272 valence electrons. The molecule has 12 nitrogen and oxygen atoms in total. The number of hydrogen-bond donors (Lipinski definition) is 1. The van der Waals surface area contributed by atoms with Gasteiger partial charge >= 0.3 is 11.7 Å². The lowest BCUT2D eigenvalue weighted by Gasteiger charge is -2.31. The Labute approximate surface area is 306 Å². The van der Waals surface area contributed by atoms with E-state index in [9.17, 15) is 23.2 Å². The van der Waals surface area contributed by atoms with Crippen LogP contribution in [-0.4, -0.2) is 61.8 Å². The van der Waals surface area contributed by atoms with Gasteiger partial charge in [-0.25, -0.2) is 28.5 Å². The molecule has 4 heterocycles. The molecule has 3 aromatic heterocycles. The number of rotatable bonds is 10. The SMILES string of the molecule is CCOC(=O)C1CCN(Cc2ccc(-c3cccc(-c4cccc(Nc5nc(C(F)F)nc6c5c(=O)n(C)c(=O)n6C)c4Cl)c3Cl)nc2OC)CC1. The Morgan fingerprint density at radius 2 is 1.62 bits per heavy atom. The second kappa shape index (κ2) is 15.4. The van der Waals surface area contributed by atoms with E-state index in [1.165, 1.54) is 14.1 Å². The van der Waals surface area contributed by atoms with E-state index < -0.39 is 23.5 Å². The molecular formula is C36H35Cl2F2N7O5. The van der Waals surface area contributed by atoms with Crippen molar-refractivity contribution in [2.75, 3.05) is 32.1 Å². The highest BCUT2D eigenvalue weighted by molar-refractivity contribution is 6.39. The summed E-state index contributed by atoms with van der Waals surface area (Å²) >= 11 is 14.0. The van der Waals surface area contributed by atoms with Crippen molar-refractivity contribution in [3.8, 4) is 28.3 Å². The molecule has 0 amide bonds. The zero-order valence-corrected chi connectivity index (χ0v) is 30.3. The first-order chi connectivity index (χ1) is 24.9. The fourth-order valence-corrected chi connectivity index (χ4v) is 6.91. The second-order valence-corrected chi connectivity index (χ2v) is 13.0. The minimum atomic E-state index is -3.08. The van der Waals surface area contributed by atoms with Gasteiger partial charge in [-0.05, 0) is 45.0 Å². The molecule has 1 aliphatic rings. The molecule has 0 spiro atoms. The highest BCUT2D eigenvalue weighted by Crippen LogP contribution is 2.42. The second-order valence-electron chi connectivity index (χ2n) is 12.3. The van der Waals surface area contributed by atoms with Crippen molar-refractivity contribution in [3.63, 3.8) is 0 Å². The minimum Gasteiger partial charge on any atom is -0.481 e. The number of benzene rings is 2. The van der Waals surface area contributed by atoms with Crippen LogP contribution in [0.1, 0.15) is 37.6 Å². The van der Waals surface area contributed by atoms with Crippen molar-refractivity contribution in [1.29, 1.82) is 0 Å². The van der Waals surface area contributed by atoms with E-state index in [0.29, 0.717) is 46.4 Å². The average Bonchev–Trinajstić information content (AvgIpc) is 3.14. The zero-order valence-electron chi connectivity index (χ0n) is 28.8. The Balaban J connectivity index is 1.31. The smallest absolute Gasteiger partial charge is 0.332 e. The molecule has 16 heteroatoms. The van der Waals surface area contributed by atoms with E-state index in [1.807, 2.05) is 25.1 Å². The molecule has 6 rings (SSSR count). The van der Waals surface area contributed by atoms with Crippen molar-refractivity contribution in [2.45, 2.75) is 32.7 Å². The van der Waals surface area contributed by atoms with E-state index in [2.05, 4.69) is 20.2 Å². The van der Waals surface area contributed by atoms with Crippen LogP contribution >= 0.6 is 23.2 Å². The fraction of sp³-hybridized carbons (Fsp3) is 0.333. The van der Waals surface area contributed by atoms with Crippen LogP contribution in [0.4, 0.5) is 20.3 Å². The van der Waals surface area contributed by atoms with Crippen LogP contribution < -0.4 is 21.3 Å². The summed E-state index contributed by atoms with van der Waals surface area (Å²) in [6.07, 6.45) is -1.63. The number of likely N-dealkylation sites (tertiary alicyclic amines) is 1. The fourth-order valence-electron chi connectivity index (χ4n) is 6.31. The number of ether oxygens (including phenoxy) is 2. The molecule has 0 radical (unpaired) electrons. The Morgan fingerprint density at radius 3 is 2.29 bits per heavy atom. The normalized spacial score (nSPS) is 13.9. The summed E-state index contributed by atoms with van der Waals surface area (Å²) < 4.78 is 40.4. The number of nitrogens with zero attached hydrogens (tertiary/aromatic N) is 6. The van der Waals surface area contributed by atoms with Gasteiger partial charge in [-0.15, -0.1) is 0 Å². The lowest BCUT2D eigenvalue weighted by molar-refractivity contribution is -0.149. The van der Waals surface area contributed by atoms with Crippen LogP contribution in [0.25, 0.3) is 33.4 Å². The van der Waals surface area contributed by atoms with Gasteiger partial charge in [-0.2, -0.15) is 0 Å².